The summed E-state index contributed by atoms with van der Waals surface area (Å²) in [5.74, 6) is 1.15. The fourth-order valence-electron chi connectivity index (χ4n) is 4.81. The Morgan fingerprint density at radius 1 is 1.13 bits per heavy atom. The maximum atomic E-state index is 5.85. The highest BCUT2D eigenvalue weighted by molar-refractivity contribution is 7.22. The van der Waals surface area contributed by atoms with Gasteiger partial charge in [0.2, 0.25) is 0 Å². The van der Waals surface area contributed by atoms with E-state index in [1.807, 2.05) is 35.2 Å². The normalized spacial score (nSPS) is 13.7. The van der Waals surface area contributed by atoms with Crippen molar-refractivity contribution in [1.82, 2.24) is 24.6 Å². The van der Waals surface area contributed by atoms with E-state index in [2.05, 4.69) is 59.2 Å². The highest BCUT2D eigenvalue weighted by atomic mass is 32.1. The largest absolute Gasteiger partial charge is 0.372 e. The maximum absolute atomic E-state index is 5.85. The smallest absolute Gasteiger partial charge is 0.161 e. The number of aromatic amines is 1. The van der Waals surface area contributed by atoms with Crippen molar-refractivity contribution in [3.8, 4) is 21.7 Å². The topological polar surface area (TPSA) is 68.1 Å². The Morgan fingerprint density at radius 2 is 1.90 bits per heavy atom. The second-order valence-electron chi connectivity index (χ2n) is 8.48. The van der Waals surface area contributed by atoms with Gasteiger partial charge in [0, 0.05) is 40.0 Å². The lowest BCUT2D eigenvalue weighted by atomic mass is 9.93. The number of aryl methyl sites for hydroxylation is 2. The van der Waals surface area contributed by atoms with Crippen LogP contribution in [0.15, 0.2) is 30.7 Å². The monoisotopic (exact) mass is 429 g/mol. The molecule has 0 aromatic carbocycles. The first-order chi connectivity index (χ1) is 15.0. The Balaban J connectivity index is 1.64. The van der Waals surface area contributed by atoms with Gasteiger partial charge in [0.15, 0.2) is 5.65 Å². The number of nitrogens with zero attached hydrogens (tertiary/aromatic N) is 4. The van der Waals surface area contributed by atoms with Gasteiger partial charge in [-0.1, -0.05) is 13.8 Å². The molecule has 1 N–H and O–H groups in total. The number of rotatable bonds is 3. The zero-order valence-electron chi connectivity index (χ0n) is 18.0. The summed E-state index contributed by atoms with van der Waals surface area (Å²) >= 11 is 1.82. The highest BCUT2D eigenvalue weighted by Gasteiger charge is 2.27. The van der Waals surface area contributed by atoms with Gasteiger partial charge in [-0.05, 0) is 54.2 Å². The molecule has 0 amide bonds. The first kappa shape index (κ1) is 18.7. The standard InChI is InChI=1S/C24H23N5OS/c1-12(2)19-20-13(3)22(15-5-7-25-8-6-15)31-24(20)27-21(19)16-9-29-23(26-14(4)28-29)18-11-30-10-17(16)18/h5-9,12,27H,10-11H2,1-4H3. The van der Waals surface area contributed by atoms with E-state index in [9.17, 15) is 0 Å². The Bertz CT molecular complexity index is 1460. The fraction of sp³-hybridized carbons (Fsp3) is 0.292. The van der Waals surface area contributed by atoms with Crippen LogP contribution in [0.25, 0.3) is 37.6 Å². The molecule has 0 fully saturated rings. The van der Waals surface area contributed by atoms with Crippen LogP contribution in [0, 0.1) is 13.8 Å². The summed E-state index contributed by atoms with van der Waals surface area (Å²) in [4.78, 5) is 15.1. The number of aromatic nitrogens is 5. The summed E-state index contributed by atoms with van der Waals surface area (Å²) < 4.78 is 7.76. The number of ether oxygens (including phenoxy) is 1. The quantitative estimate of drug-likeness (QED) is 0.395. The van der Waals surface area contributed by atoms with Crippen molar-refractivity contribution in [2.75, 3.05) is 0 Å². The lowest BCUT2D eigenvalue weighted by Crippen LogP contribution is -2.00. The van der Waals surface area contributed by atoms with Crippen LogP contribution in [-0.4, -0.2) is 24.6 Å². The third kappa shape index (κ3) is 2.70. The number of nitrogens with one attached hydrogen (secondary N) is 1. The van der Waals surface area contributed by atoms with Crippen molar-refractivity contribution in [3.05, 3.63) is 58.8 Å². The molecule has 0 radical (unpaired) electrons. The molecule has 31 heavy (non-hydrogen) atoms. The minimum absolute atomic E-state index is 0.369. The lowest BCUT2D eigenvalue weighted by Gasteiger charge is -2.13. The van der Waals surface area contributed by atoms with Gasteiger partial charge in [-0.2, -0.15) is 5.10 Å². The molecule has 7 heteroatoms. The molecular weight excluding hydrogens is 406 g/mol. The van der Waals surface area contributed by atoms with Crippen molar-refractivity contribution < 1.29 is 4.74 Å². The van der Waals surface area contributed by atoms with Gasteiger partial charge in [-0.25, -0.2) is 9.50 Å². The molecule has 0 aliphatic carbocycles. The summed E-state index contributed by atoms with van der Waals surface area (Å²) in [6, 6.07) is 4.16. The molecule has 156 valence electrons. The van der Waals surface area contributed by atoms with E-state index in [-0.39, 0.29) is 0 Å². The SMILES string of the molecule is Cc1nc2c3c(c(-c4[nH]c5sc(-c6ccncc6)c(C)c5c4C(C)C)cn2n1)COC3. The van der Waals surface area contributed by atoms with Crippen LogP contribution < -0.4 is 0 Å². The van der Waals surface area contributed by atoms with Crippen LogP contribution in [-0.2, 0) is 18.0 Å². The summed E-state index contributed by atoms with van der Waals surface area (Å²) in [6.45, 7) is 9.90. The molecule has 0 saturated carbocycles. The molecule has 0 spiro atoms. The minimum Gasteiger partial charge on any atom is -0.372 e. The van der Waals surface area contributed by atoms with Gasteiger partial charge < -0.3 is 9.72 Å². The molecule has 1 aliphatic heterocycles. The number of hydrogen-bond acceptors (Lipinski definition) is 5. The molecule has 0 atom stereocenters. The van der Waals surface area contributed by atoms with Gasteiger partial charge in [0.25, 0.3) is 0 Å². The lowest BCUT2D eigenvalue weighted by molar-refractivity contribution is 0.135. The Morgan fingerprint density at radius 3 is 2.68 bits per heavy atom. The first-order valence-electron chi connectivity index (χ1n) is 10.5. The molecule has 6 heterocycles. The molecule has 6 nitrogen and oxygen atoms in total. The van der Waals surface area contributed by atoms with E-state index in [1.165, 1.54) is 48.6 Å². The molecule has 5 aromatic rings. The van der Waals surface area contributed by atoms with E-state index < -0.39 is 0 Å². The van der Waals surface area contributed by atoms with Gasteiger partial charge >= 0.3 is 0 Å². The van der Waals surface area contributed by atoms with Crippen LogP contribution in [0.5, 0.6) is 0 Å². The molecule has 0 unspecified atom stereocenters. The molecule has 6 rings (SSSR count). The molecular formula is C24H23N5OS. The number of fused-ring (bicyclic) bond motifs is 4. The number of thiophene rings is 1. The highest BCUT2D eigenvalue weighted by Crippen LogP contribution is 2.46. The molecule has 5 aromatic heterocycles. The third-order valence-electron chi connectivity index (χ3n) is 6.15. The number of H-pyrrole nitrogens is 1. The summed E-state index contributed by atoms with van der Waals surface area (Å²) in [5.41, 5.74) is 9.52. The van der Waals surface area contributed by atoms with Crippen LogP contribution in [0.3, 0.4) is 0 Å². The molecule has 1 aliphatic rings. The second kappa shape index (κ2) is 6.73. The van der Waals surface area contributed by atoms with Crippen molar-refractivity contribution in [2.24, 2.45) is 0 Å². The number of hydrogen-bond donors (Lipinski definition) is 1. The predicted molar refractivity (Wildman–Crippen MR) is 123 cm³/mol. The van der Waals surface area contributed by atoms with Crippen molar-refractivity contribution in [2.45, 2.75) is 46.8 Å². The van der Waals surface area contributed by atoms with Crippen molar-refractivity contribution in [3.63, 3.8) is 0 Å². The Labute approximate surface area is 183 Å². The Kier molecular flexibility index (Phi) is 4.07. The van der Waals surface area contributed by atoms with Crippen molar-refractivity contribution in [1.29, 1.82) is 0 Å². The van der Waals surface area contributed by atoms with Crippen LogP contribution in [0.2, 0.25) is 0 Å². The average molecular weight is 430 g/mol. The second-order valence-corrected chi connectivity index (χ2v) is 9.51. The average Bonchev–Trinajstić information content (AvgIpc) is 3.50. The van der Waals surface area contributed by atoms with E-state index in [4.69, 9.17) is 4.74 Å². The zero-order valence-corrected chi connectivity index (χ0v) is 18.8. The van der Waals surface area contributed by atoms with E-state index >= 15 is 0 Å². The zero-order chi connectivity index (χ0) is 21.3. The van der Waals surface area contributed by atoms with Gasteiger partial charge in [0.1, 0.15) is 10.7 Å². The summed E-state index contributed by atoms with van der Waals surface area (Å²) in [7, 11) is 0. The third-order valence-corrected chi connectivity index (χ3v) is 7.41. The van der Waals surface area contributed by atoms with Crippen molar-refractivity contribution >= 4 is 27.2 Å². The molecule has 0 saturated heterocycles. The summed E-state index contributed by atoms with van der Waals surface area (Å²) in [6.07, 6.45) is 5.83. The van der Waals surface area contributed by atoms with E-state index in [0.717, 1.165) is 17.0 Å². The van der Waals surface area contributed by atoms with Crippen LogP contribution in [0.4, 0.5) is 0 Å². The maximum Gasteiger partial charge on any atom is 0.161 e. The van der Waals surface area contributed by atoms with E-state index in [0.29, 0.717) is 19.1 Å². The minimum atomic E-state index is 0.369. The fourth-order valence-corrected chi connectivity index (χ4v) is 6.04. The van der Waals surface area contributed by atoms with Gasteiger partial charge in [0.05, 0.1) is 18.9 Å². The number of pyridine rings is 2. The predicted octanol–water partition coefficient (Wildman–Crippen LogP) is 5.77. The van der Waals surface area contributed by atoms with E-state index in [1.54, 1.807) is 0 Å². The first-order valence-corrected chi connectivity index (χ1v) is 11.4. The van der Waals surface area contributed by atoms with Crippen LogP contribution >= 0.6 is 11.3 Å². The van der Waals surface area contributed by atoms with Crippen LogP contribution in [0.1, 0.15) is 47.8 Å². The van der Waals surface area contributed by atoms with Gasteiger partial charge in [-0.3, -0.25) is 4.98 Å². The summed E-state index contributed by atoms with van der Waals surface area (Å²) in [5, 5.41) is 5.93. The Hall–Kier alpha value is -3.03. The van der Waals surface area contributed by atoms with Gasteiger partial charge in [-0.15, -0.1) is 11.3 Å². The molecule has 0 bridgehead atoms.